The second-order valence-electron chi connectivity index (χ2n) is 13.9. The Morgan fingerprint density at radius 1 is 0.909 bits per heavy atom. The highest BCUT2D eigenvalue weighted by Crippen LogP contribution is 2.41. The van der Waals surface area contributed by atoms with Crippen molar-refractivity contribution >= 4 is 29.6 Å². The van der Waals surface area contributed by atoms with Crippen LogP contribution in [0.15, 0.2) is 24.3 Å². The molecule has 3 fully saturated rings. The van der Waals surface area contributed by atoms with E-state index in [0.717, 1.165) is 51.4 Å². The third-order valence-corrected chi connectivity index (χ3v) is 9.75. The molecule has 1 aromatic carbocycles. The molecule has 44 heavy (non-hydrogen) atoms. The van der Waals surface area contributed by atoms with E-state index in [2.05, 4.69) is 17.6 Å². The minimum atomic E-state index is -0.549. The van der Waals surface area contributed by atoms with Gasteiger partial charge in [0, 0.05) is 24.2 Å². The number of hydrogen-bond acceptors (Lipinski definition) is 6. The molecular weight excluding hydrogens is 558 g/mol. The van der Waals surface area contributed by atoms with Crippen molar-refractivity contribution in [2.75, 3.05) is 18.5 Å². The number of nitrogens with one attached hydrogen (secondary N) is 2. The molecule has 2 saturated carbocycles. The summed E-state index contributed by atoms with van der Waals surface area (Å²) < 4.78 is 10.6. The van der Waals surface area contributed by atoms with Gasteiger partial charge in [0.2, 0.25) is 11.8 Å². The Kier molecular flexibility index (Phi) is 11.7. The molecule has 9 heteroatoms. The Morgan fingerprint density at radius 3 is 2.16 bits per heavy atom. The van der Waals surface area contributed by atoms with Crippen molar-refractivity contribution in [1.29, 1.82) is 0 Å². The molecule has 0 spiro atoms. The highest BCUT2D eigenvalue weighted by Gasteiger charge is 2.47. The Bertz CT molecular complexity index is 1130. The molecule has 9 nitrogen and oxygen atoms in total. The van der Waals surface area contributed by atoms with Crippen LogP contribution in [-0.2, 0) is 19.1 Å². The van der Waals surface area contributed by atoms with Gasteiger partial charge in [0.25, 0.3) is 0 Å². The lowest BCUT2D eigenvalue weighted by Gasteiger charge is -2.37. The van der Waals surface area contributed by atoms with E-state index in [9.17, 15) is 19.2 Å². The standard InChI is InChI=1S/C35H53N3O6/c1-6-29(37-34(42)44-35(3,4)5)24-13-15-25(16-14-24)32(40)38-22-21-28(23-11-9-8-10-12-23)30(38)31(39)36-27-19-17-26(18-20-27)33(41)43-7-2/h17-20,23-25,28-30H,6-16,21-22H2,1-5H3,(H,36,39)(H,37,42)/t24?,25?,28-,29?,30-/m0/s1. The maximum atomic E-state index is 14.1. The van der Waals surface area contributed by atoms with E-state index in [1.165, 1.54) is 19.3 Å². The number of benzene rings is 1. The highest BCUT2D eigenvalue weighted by molar-refractivity contribution is 5.98. The van der Waals surface area contributed by atoms with Crippen LogP contribution in [0.1, 0.15) is 116 Å². The Balaban J connectivity index is 1.42. The molecule has 0 radical (unpaired) electrons. The summed E-state index contributed by atoms with van der Waals surface area (Å²) in [6.07, 6.45) is 10.3. The van der Waals surface area contributed by atoms with Crippen LogP contribution >= 0.6 is 0 Å². The lowest BCUT2D eigenvalue weighted by molar-refractivity contribution is -0.142. The fraction of sp³-hybridized carbons (Fsp3) is 0.714. The zero-order valence-electron chi connectivity index (χ0n) is 27.4. The summed E-state index contributed by atoms with van der Waals surface area (Å²) in [6, 6.07) is 6.27. The Morgan fingerprint density at radius 2 is 1.57 bits per heavy atom. The van der Waals surface area contributed by atoms with Crippen LogP contribution in [-0.4, -0.2) is 59.6 Å². The summed E-state index contributed by atoms with van der Waals surface area (Å²) in [7, 11) is 0. The smallest absolute Gasteiger partial charge is 0.407 e. The van der Waals surface area contributed by atoms with Gasteiger partial charge in [-0.2, -0.15) is 0 Å². The summed E-state index contributed by atoms with van der Waals surface area (Å²) in [4.78, 5) is 54.4. The van der Waals surface area contributed by atoms with Crippen molar-refractivity contribution in [3.05, 3.63) is 29.8 Å². The van der Waals surface area contributed by atoms with Crippen LogP contribution in [0.25, 0.3) is 0 Å². The normalized spacial score (nSPS) is 25.2. The van der Waals surface area contributed by atoms with Crippen molar-refractivity contribution in [1.82, 2.24) is 10.2 Å². The van der Waals surface area contributed by atoms with E-state index in [1.807, 2.05) is 25.7 Å². The lowest BCUT2D eigenvalue weighted by atomic mass is 9.75. The third-order valence-electron chi connectivity index (χ3n) is 9.75. The molecule has 3 aliphatic rings. The van der Waals surface area contributed by atoms with Gasteiger partial charge in [0.05, 0.1) is 12.2 Å². The summed E-state index contributed by atoms with van der Waals surface area (Å²) in [6.45, 7) is 10.3. The molecule has 4 rings (SSSR count). The predicted molar refractivity (Wildman–Crippen MR) is 170 cm³/mol. The molecule has 3 amide bonds. The van der Waals surface area contributed by atoms with Crippen LogP contribution in [0.3, 0.4) is 0 Å². The minimum Gasteiger partial charge on any atom is -0.462 e. The van der Waals surface area contributed by atoms with Gasteiger partial charge in [0.15, 0.2) is 0 Å². The van der Waals surface area contributed by atoms with Gasteiger partial charge in [0.1, 0.15) is 11.6 Å². The summed E-state index contributed by atoms with van der Waals surface area (Å²) >= 11 is 0. The van der Waals surface area contributed by atoms with Gasteiger partial charge >= 0.3 is 12.1 Å². The molecule has 244 valence electrons. The monoisotopic (exact) mass is 611 g/mol. The molecule has 0 bridgehead atoms. The maximum absolute atomic E-state index is 14.1. The van der Waals surface area contributed by atoms with Crippen LogP contribution in [0.5, 0.6) is 0 Å². The molecule has 1 aromatic rings. The van der Waals surface area contributed by atoms with Gasteiger partial charge in [-0.25, -0.2) is 9.59 Å². The summed E-state index contributed by atoms with van der Waals surface area (Å²) in [5.41, 5.74) is 0.491. The van der Waals surface area contributed by atoms with Crippen molar-refractivity contribution in [3.63, 3.8) is 0 Å². The first-order valence-electron chi connectivity index (χ1n) is 16.9. The fourth-order valence-electron chi connectivity index (χ4n) is 7.59. The fourth-order valence-corrected chi connectivity index (χ4v) is 7.59. The van der Waals surface area contributed by atoms with Gasteiger partial charge in [-0.15, -0.1) is 0 Å². The van der Waals surface area contributed by atoms with E-state index in [0.29, 0.717) is 36.2 Å². The van der Waals surface area contributed by atoms with Crippen LogP contribution in [0.2, 0.25) is 0 Å². The third kappa shape index (κ3) is 8.75. The second kappa shape index (κ2) is 15.3. The quantitative estimate of drug-likeness (QED) is 0.300. The largest absolute Gasteiger partial charge is 0.462 e. The van der Waals surface area contributed by atoms with Gasteiger partial charge in [-0.1, -0.05) is 39.0 Å². The molecule has 1 saturated heterocycles. The van der Waals surface area contributed by atoms with Crippen LogP contribution < -0.4 is 10.6 Å². The number of anilines is 1. The van der Waals surface area contributed by atoms with Crippen molar-refractivity contribution in [2.24, 2.45) is 23.7 Å². The molecule has 1 unspecified atom stereocenters. The van der Waals surface area contributed by atoms with E-state index >= 15 is 0 Å². The number of ether oxygens (including phenoxy) is 2. The first kappa shape index (κ1) is 33.8. The van der Waals surface area contributed by atoms with Gasteiger partial charge in [-0.05, 0) is 108 Å². The van der Waals surface area contributed by atoms with Crippen LogP contribution in [0, 0.1) is 23.7 Å². The van der Waals surface area contributed by atoms with Gasteiger partial charge < -0.3 is 25.0 Å². The number of carbonyl (C=O) groups is 4. The summed E-state index contributed by atoms with van der Waals surface area (Å²) in [5, 5.41) is 6.13. The Hall–Kier alpha value is -3.10. The molecule has 2 N–H and O–H groups in total. The number of likely N-dealkylation sites (tertiary alicyclic amines) is 1. The Labute approximate surface area is 263 Å². The number of nitrogens with zero attached hydrogens (tertiary/aromatic N) is 1. The van der Waals surface area contributed by atoms with E-state index in [4.69, 9.17) is 9.47 Å². The van der Waals surface area contributed by atoms with Crippen molar-refractivity contribution in [3.8, 4) is 0 Å². The number of hydrogen-bond donors (Lipinski definition) is 2. The zero-order chi connectivity index (χ0) is 31.9. The average Bonchev–Trinajstić information content (AvgIpc) is 3.45. The molecule has 2 aliphatic carbocycles. The predicted octanol–water partition coefficient (Wildman–Crippen LogP) is 6.71. The SMILES string of the molecule is CCOC(=O)c1ccc(NC(=O)[C@@H]2[C@H](C3CCCCC3)CCN2C(=O)C2CCC(C(CC)NC(=O)OC(C)(C)C)CC2)cc1. The van der Waals surface area contributed by atoms with E-state index in [-0.39, 0.29) is 29.7 Å². The maximum Gasteiger partial charge on any atom is 0.407 e. The first-order chi connectivity index (χ1) is 21.0. The number of carbonyl (C=O) groups excluding carboxylic acids is 4. The molecule has 1 heterocycles. The van der Waals surface area contributed by atoms with Crippen molar-refractivity contribution < 1.29 is 28.7 Å². The van der Waals surface area contributed by atoms with Gasteiger partial charge in [-0.3, -0.25) is 9.59 Å². The molecule has 0 aromatic heterocycles. The highest BCUT2D eigenvalue weighted by atomic mass is 16.6. The molecule has 3 atom stereocenters. The lowest BCUT2D eigenvalue weighted by Crippen LogP contribution is -2.50. The van der Waals surface area contributed by atoms with Crippen molar-refractivity contribution in [2.45, 2.75) is 123 Å². The average molecular weight is 612 g/mol. The van der Waals surface area contributed by atoms with Crippen LogP contribution in [0.4, 0.5) is 10.5 Å². The summed E-state index contributed by atoms with van der Waals surface area (Å²) in [5.74, 6) is 0.331. The number of alkyl carbamates (subject to hydrolysis) is 1. The zero-order valence-corrected chi connectivity index (χ0v) is 27.4. The first-order valence-corrected chi connectivity index (χ1v) is 16.9. The van der Waals surface area contributed by atoms with E-state index in [1.54, 1.807) is 31.2 Å². The molecule has 1 aliphatic heterocycles. The second-order valence-corrected chi connectivity index (χ2v) is 13.9. The topological polar surface area (TPSA) is 114 Å². The molecular formula is C35H53N3O6. The number of rotatable bonds is 9. The van der Waals surface area contributed by atoms with E-state index < -0.39 is 23.7 Å². The number of esters is 1. The number of amides is 3. The minimum absolute atomic E-state index is 0.0112.